The van der Waals surface area contributed by atoms with E-state index in [0.29, 0.717) is 17.2 Å². The van der Waals surface area contributed by atoms with Crippen LogP contribution >= 0.6 is 0 Å². The fraction of sp³-hybridized carbons (Fsp3) is 0.176. The molecule has 2 rings (SSSR count). The Kier molecular flexibility index (Phi) is 6.15. The van der Waals surface area contributed by atoms with Crippen molar-refractivity contribution in [1.82, 2.24) is 0 Å². The molecule has 2 aromatic rings. The van der Waals surface area contributed by atoms with Crippen molar-refractivity contribution in [2.75, 3.05) is 31.9 Å². The van der Waals surface area contributed by atoms with E-state index in [9.17, 15) is 19.7 Å². The van der Waals surface area contributed by atoms with Crippen LogP contribution in [0.25, 0.3) is 0 Å². The largest absolute Gasteiger partial charge is 0.497 e. The number of nitro benzene ring substituents is 1. The van der Waals surface area contributed by atoms with Gasteiger partial charge in [0.25, 0.3) is 11.6 Å². The van der Waals surface area contributed by atoms with Gasteiger partial charge in [-0.2, -0.15) is 0 Å². The maximum atomic E-state index is 12.1. The summed E-state index contributed by atoms with van der Waals surface area (Å²) in [6.45, 7) is -0.611. The molecular weight excluding hydrogens is 358 g/mol. The number of methoxy groups -OCH3 is 2. The molecule has 0 spiro atoms. The lowest BCUT2D eigenvalue weighted by Gasteiger charge is -2.10. The third-order valence-corrected chi connectivity index (χ3v) is 3.44. The second kappa shape index (κ2) is 8.52. The Morgan fingerprint density at radius 3 is 2.30 bits per heavy atom. The molecule has 0 unspecified atom stereocenters. The molecule has 0 heterocycles. The monoisotopic (exact) mass is 375 g/mol. The Hall–Kier alpha value is -3.82. The fourth-order valence-corrected chi connectivity index (χ4v) is 2.12. The second-order valence-electron chi connectivity index (χ2n) is 5.25. The molecule has 10 nitrogen and oxygen atoms in total. The van der Waals surface area contributed by atoms with Crippen LogP contribution in [0.5, 0.6) is 11.5 Å². The smallest absolute Gasteiger partial charge is 0.341 e. The molecule has 0 fully saturated rings. The molecule has 0 atom stereocenters. The summed E-state index contributed by atoms with van der Waals surface area (Å²) < 4.78 is 15.1. The molecule has 10 heteroatoms. The Morgan fingerprint density at radius 1 is 1.11 bits per heavy atom. The maximum absolute atomic E-state index is 12.1. The summed E-state index contributed by atoms with van der Waals surface area (Å²) in [5, 5.41) is 13.3. The molecule has 0 radical (unpaired) electrons. The number of benzene rings is 2. The number of amides is 1. The third-order valence-electron chi connectivity index (χ3n) is 3.44. The van der Waals surface area contributed by atoms with Gasteiger partial charge in [-0.05, 0) is 6.07 Å². The number of ether oxygens (including phenoxy) is 3. The Balaban J connectivity index is 2.02. The number of non-ortho nitro benzene ring substituents is 1. The molecule has 0 bridgehead atoms. The zero-order chi connectivity index (χ0) is 20.0. The van der Waals surface area contributed by atoms with E-state index in [1.165, 1.54) is 20.3 Å². The van der Waals surface area contributed by atoms with E-state index in [1.807, 2.05) is 0 Å². The SMILES string of the molecule is COc1cc(NC(=O)COC(=O)c2cc([N+](=O)[O-])ccc2N)cc(OC)c1. The highest BCUT2D eigenvalue weighted by atomic mass is 16.6. The molecule has 2 aromatic carbocycles. The zero-order valence-corrected chi connectivity index (χ0v) is 14.6. The minimum Gasteiger partial charge on any atom is -0.497 e. The van der Waals surface area contributed by atoms with Gasteiger partial charge >= 0.3 is 5.97 Å². The number of esters is 1. The van der Waals surface area contributed by atoms with Gasteiger partial charge in [-0.3, -0.25) is 14.9 Å². The lowest BCUT2D eigenvalue weighted by molar-refractivity contribution is -0.384. The third kappa shape index (κ3) is 5.08. The number of hydrogen-bond acceptors (Lipinski definition) is 8. The fourth-order valence-electron chi connectivity index (χ4n) is 2.12. The van der Waals surface area contributed by atoms with Crippen LogP contribution in [-0.4, -0.2) is 37.6 Å². The molecule has 0 aromatic heterocycles. The van der Waals surface area contributed by atoms with Crippen LogP contribution in [-0.2, 0) is 9.53 Å². The normalized spacial score (nSPS) is 10.0. The van der Waals surface area contributed by atoms with E-state index in [1.54, 1.807) is 18.2 Å². The topological polar surface area (TPSA) is 143 Å². The molecular formula is C17H17N3O7. The second-order valence-corrected chi connectivity index (χ2v) is 5.25. The van der Waals surface area contributed by atoms with Gasteiger partial charge in [-0.25, -0.2) is 4.79 Å². The van der Waals surface area contributed by atoms with E-state index in [4.69, 9.17) is 19.9 Å². The van der Waals surface area contributed by atoms with Crippen molar-refractivity contribution in [3.63, 3.8) is 0 Å². The van der Waals surface area contributed by atoms with Gasteiger partial charge in [0.05, 0.1) is 24.7 Å². The van der Waals surface area contributed by atoms with E-state index < -0.39 is 23.4 Å². The highest BCUT2D eigenvalue weighted by Crippen LogP contribution is 2.25. The highest BCUT2D eigenvalue weighted by Gasteiger charge is 2.18. The van der Waals surface area contributed by atoms with Crippen molar-refractivity contribution >= 4 is 28.9 Å². The van der Waals surface area contributed by atoms with Gasteiger partial charge in [0.15, 0.2) is 6.61 Å². The summed E-state index contributed by atoms with van der Waals surface area (Å²) in [5.74, 6) is -0.644. The zero-order valence-electron chi connectivity index (χ0n) is 14.6. The number of anilines is 2. The molecule has 0 saturated heterocycles. The van der Waals surface area contributed by atoms with E-state index >= 15 is 0 Å². The number of carbonyl (C=O) groups excluding carboxylic acids is 2. The summed E-state index contributed by atoms with van der Waals surface area (Å²) in [5.41, 5.74) is 5.50. The molecule has 0 aliphatic carbocycles. The minimum absolute atomic E-state index is 0.00328. The molecule has 0 aliphatic heterocycles. The highest BCUT2D eigenvalue weighted by molar-refractivity contribution is 5.98. The number of hydrogen-bond donors (Lipinski definition) is 2. The van der Waals surface area contributed by atoms with E-state index in [2.05, 4.69) is 5.32 Å². The lowest BCUT2D eigenvalue weighted by atomic mass is 10.1. The number of rotatable bonds is 7. The van der Waals surface area contributed by atoms with Crippen molar-refractivity contribution in [3.05, 3.63) is 52.1 Å². The van der Waals surface area contributed by atoms with Gasteiger partial charge in [0.1, 0.15) is 11.5 Å². The lowest BCUT2D eigenvalue weighted by Crippen LogP contribution is -2.21. The quantitative estimate of drug-likeness (QED) is 0.324. The predicted octanol–water partition coefficient (Wildman–Crippen LogP) is 1.99. The van der Waals surface area contributed by atoms with Crippen LogP contribution in [0, 0.1) is 10.1 Å². The Bertz CT molecular complexity index is 861. The first-order valence-corrected chi connectivity index (χ1v) is 7.58. The average molecular weight is 375 g/mol. The van der Waals surface area contributed by atoms with Crippen molar-refractivity contribution < 1.29 is 28.7 Å². The van der Waals surface area contributed by atoms with Crippen LogP contribution in [0.2, 0.25) is 0 Å². The molecule has 0 saturated carbocycles. The van der Waals surface area contributed by atoms with Crippen LogP contribution in [0.4, 0.5) is 17.1 Å². The molecule has 142 valence electrons. The average Bonchev–Trinajstić information content (AvgIpc) is 2.65. The number of carbonyl (C=O) groups is 2. The van der Waals surface area contributed by atoms with Crippen molar-refractivity contribution in [3.8, 4) is 11.5 Å². The molecule has 27 heavy (non-hydrogen) atoms. The van der Waals surface area contributed by atoms with Crippen molar-refractivity contribution in [2.24, 2.45) is 0 Å². The number of nitrogens with two attached hydrogens (primary N) is 1. The Labute approximate surface area is 154 Å². The van der Waals surface area contributed by atoms with Crippen LogP contribution in [0.1, 0.15) is 10.4 Å². The minimum atomic E-state index is -0.949. The van der Waals surface area contributed by atoms with E-state index in [0.717, 1.165) is 12.1 Å². The summed E-state index contributed by atoms with van der Waals surface area (Å²) in [6, 6.07) is 8.11. The first-order valence-electron chi connectivity index (χ1n) is 7.58. The summed E-state index contributed by atoms with van der Waals surface area (Å²) in [6.07, 6.45) is 0. The van der Waals surface area contributed by atoms with Gasteiger partial charge < -0.3 is 25.3 Å². The number of nitrogens with one attached hydrogen (secondary N) is 1. The number of nitro groups is 1. The molecule has 0 aliphatic rings. The maximum Gasteiger partial charge on any atom is 0.341 e. The summed E-state index contributed by atoms with van der Waals surface area (Å²) >= 11 is 0. The standard InChI is InChI=1S/C17H17N3O7/c1-25-12-5-10(6-13(8-12)26-2)19-16(21)9-27-17(22)14-7-11(20(23)24)3-4-15(14)18/h3-8H,9,18H2,1-2H3,(H,19,21). The van der Waals surface area contributed by atoms with Crippen molar-refractivity contribution in [2.45, 2.75) is 0 Å². The van der Waals surface area contributed by atoms with Crippen LogP contribution in [0.3, 0.4) is 0 Å². The molecule has 3 N–H and O–H groups in total. The first-order chi connectivity index (χ1) is 12.8. The van der Waals surface area contributed by atoms with Crippen LogP contribution in [0.15, 0.2) is 36.4 Å². The van der Waals surface area contributed by atoms with Gasteiger partial charge in [0.2, 0.25) is 0 Å². The number of nitrogen functional groups attached to an aromatic ring is 1. The van der Waals surface area contributed by atoms with E-state index in [-0.39, 0.29) is 16.9 Å². The predicted molar refractivity (Wildman–Crippen MR) is 96.0 cm³/mol. The molecule has 1 amide bonds. The van der Waals surface area contributed by atoms with Gasteiger partial charge in [-0.1, -0.05) is 0 Å². The van der Waals surface area contributed by atoms with Crippen LogP contribution < -0.4 is 20.5 Å². The first kappa shape index (κ1) is 19.5. The summed E-state index contributed by atoms with van der Waals surface area (Å²) in [4.78, 5) is 34.2. The Morgan fingerprint density at radius 2 is 1.74 bits per heavy atom. The van der Waals surface area contributed by atoms with Gasteiger partial charge in [0, 0.05) is 41.7 Å². The van der Waals surface area contributed by atoms with Crippen molar-refractivity contribution in [1.29, 1.82) is 0 Å². The van der Waals surface area contributed by atoms with Gasteiger partial charge in [-0.15, -0.1) is 0 Å². The summed E-state index contributed by atoms with van der Waals surface area (Å²) in [7, 11) is 2.93. The number of nitrogens with zero attached hydrogens (tertiary/aromatic N) is 1.